The lowest BCUT2D eigenvalue weighted by Gasteiger charge is -2.41. The van der Waals surface area contributed by atoms with Gasteiger partial charge in [-0.2, -0.15) is 0 Å². The standard InChI is InChI=1S/C13H17BrN4O3/c14-9-1-2-12(16-8-9)18-4-3-10(7-11(18)15)17(5-6-19)13(20)21/h1-2,6,8,10-11H,3-5,7,15H2,(H,20,21). The zero-order valence-corrected chi connectivity index (χ0v) is 12.9. The van der Waals surface area contributed by atoms with Crippen LogP contribution in [0.3, 0.4) is 0 Å². The third kappa shape index (κ3) is 3.70. The minimum Gasteiger partial charge on any atom is -0.465 e. The second kappa shape index (κ2) is 6.86. The highest BCUT2D eigenvalue weighted by Crippen LogP contribution is 2.24. The molecule has 21 heavy (non-hydrogen) atoms. The predicted octanol–water partition coefficient (Wildman–Crippen LogP) is 1.28. The maximum atomic E-state index is 11.2. The van der Waals surface area contributed by atoms with E-state index in [0.717, 1.165) is 15.2 Å². The molecule has 2 rings (SSSR count). The number of anilines is 1. The van der Waals surface area contributed by atoms with Crippen LogP contribution in [0.4, 0.5) is 10.6 Å². The highest BCUT2D eigenvalue weighted by atomic mass is 79.9. The van der Waals surface area contributed by atoms with Gasteiger partial charge in [0.1, 0.15) is 12.1 Å². The molecule has 1 aromatic heterocycles. The summed E-state index contributed by atoms with van der Waals surface area (Å²) in [6.45, 7) is 0.479. The lowest BCUT2D eigenvalue weighted by molar-refractivity contribution is -0.109. The van der Waals surface area contributed by atoms with E-state index in [1.54, 1.807) is 6.20 Å². The summed E-state index contributed by atoms with van der Waals surface area (Å²) in [4.78, 5) is 29.2. The van der Waals surface area contributed by atoms with Crippen LogP contribution in [0.1, 0.15) is 12.8 Å². The van der Waals surface area contributed by atoms with Gasteiger partial charge in [-0.1, -0.05) is 0 Å². The molecule has 0 aliphatic carbocycles. The van der Waals surface area contributed by atoms with E-state index in [1.165, 1.54) is 0 Å². The van der Waals surface area contributed by atoms with E-state index in [0.29, 0.717) is 25.7 Å². The SMILES string of the molecule is NC1CC(N(CC=O)C(=O)O)CCN1c1ccc(Br)cn1. The number of piperidine rings is 1. The van der Waals surface area contributed by atoms with E-state index in [1.807, 2.05) is 17.0 Å². The number of pyridine rings is 1. The molecule has 1 aliphatic heterocycles. The Labute approximate surface area is 130 Å². The van der Waals surface area contributed by atoms with Gasteiger partial charge >= 0.3 is 6.09 Å². The maximum absolute atomic E-state index is 11.2. The van der Waals surface area contributed by atoms with Crippen LogP contribution in [-0.2, 0) is 4.79 Å². The van der Waals surface area contributed by atoms with Gasteiger partial charge in [0.15, 0.2) is 0 Å². The maximum Gasteiger partial charge on any atom is 0.407 e. The Balaban J connectivity index is 2.06. The first-order valence-electron chi connectivity index (χ1n) is 6.60. The molecule has 0 spiro atoms. The Kier molecular flexibility index (Phi) is 5.13. The normalized spacial score (nSPS) is 21.9. The highest BCUT2D eigenvalue weighted by Gasteiger charge is 2.32. The average molecular weight is 357 g/mol. The van der Waals surface area contributed by atoms with Crippen LogP contribution in [-0.4, -0.2) is 52.7 Å². The zero-order chi connectivity index (χ0) is 15.4. The lowest BCUT2D eigenvalue weighted by atomic mass is 10.0. The van der Waals surface area contributed by atoms with Crippen LogP contribution >= 0.6 is 15.9 Å². The molecule has 1 aliphatic rings. The number of halogens is 1. The number of rotatable bonds is 4. The number of hydrogen-bond acceptors (Lipinski definition) is 5. The summed E-state index contributed by atoms with van der Waals surface area (Å²) >= 11 is 3.33. The van der Waals surface area contributed by atoms with Gasteiger partial charge in [0.2, 0.25) is 0 Å². The van der Waals surface area contributed by atoms with Crippen LogP contribution in [0.15, 0.2) is 22.8 Å². The topological polar surface area (TPSA) is 99.8 Å². The van der Waals surface area contributed by atoms with E-state index in [9.17, 15) is 9.59 Å². The van der Waals surface area contributed by atoms with Crippen molar-refractivity contribution in [3.8, 4) is 0 Å². The largest absolute Gasteiger partial charge is 0.465 e. The summed E-state index contributed by atoms with van der Waals surface area (Å²) in [5, 5.41) is 9.15. The van der Waals surface area contributed by atoms with Gasteiger partial charge in [-0.25, -0.2) is 9.78 Å². The summed E-state index contributed by atoms with van der Waals surface area (Å²) in [6, 6.07) is 3.51. The second-order valence-electron chi connectivity index (χ2n) is 4.88. The van der Waals surface area contributed by atoms with Gasteiger partial charge in [0, 0.05) is 29.7 Å². The molecular weight excluding hydrogens is 340 g/mol. The van der Waals surface area contributed by atoms with Gasteiger partial charge < -0.3 is 20.5 Å². The highest BCUT2D eigenvalue weighted by molar-refractivity contribution is 9.10. The van der Waals surface area contributed by atoms with Gasteiger partial charge in [-0.05, 0) is 34.5 Å². The first kappa shape index (κ1) is 15.7. The molecule has 2 heterocycles. The minimum absolute atomic E-state index is 0.122. The quantitative estimate of drug-likeness (QED) is 0.788. The Morgan fingerprint density at radius 3 is 2.90 bits per heavy atom. The Morgan fingerprint density at radius 1 is 1.62 bits per heavy atom. The Bertz CT molecular complexity index is 511. The van der Waals surface area contributed by atoms with Crippen LogP contribution in [0.2, 0.25) is 0 Å². The number of aromatic nitrogens is 1. The third-order valence-electron chi connectivity index (χ3n) is 3.58. The molecule has 1 saturated heterocycles. The summed E-state index contributed by atoms with van der Waals surface area (Å²) < 4.78 is 0.887. The molecule has 8 heteroatoms. The van der Waals surface area contributed by atoms with E-state index in [4.69, 9.17) is 10.8 Å². The fourth-order valence-electron chi connectivity index (χ4n) is 2.55. The minimum atomic E-state index is -1.09. The van der Waals surface area contributed by atoms with Crippen molar-refractivity contribution < 1.29 is 14.7 Å². The first-order valence-corrected chi connectivity index (χ1v) is 7.39. The number of hydrogen-bond donors (Lipinski definition) is 2. The monoisotopic (exact) mass is 356 g/mol. The third-order valence-corrected chi connectivity index (χ3v) is 4.05. The van der Waals surface area contributed by atoms with Crippen molar-refractivity contribution in [2.45, 2.75) is 25.0 Å². The zero-order valence-electron chi connectivity index (χ0n) is 11.4. The van der Waals surface area contributed by atoms with E-state index in [-0.39, 0.29) is 18.8 Å². The number of nitrogens with zero attached hydrogens (tertiary/aromatic N) is 3. The predicted molar refractivity (Wildman–Crippen MR) is 81.1 cm³/mol. The number of carbonyl (C=O) groups excluding carboxylic acids is 1. The first-order chi connectivity index (χ1) is 10.0. The van der Waals surface area contributed by atoms with Crippen molar-refractivity contribution in [3.63, 3.8) is 0 Å². The summed E-state index contributed by atoms with van der Waals surface area (Å²) in [6.07, 6.45) is 1.97. The molecule has 3 N–H and O–H groups in total. The summed E-state index contributed by atoms with van der Waals surface area (Å²) in [5.41, 5.74) is 6.14. The molecule has 0 aromatic carbocycles. The van der Waals surface area contributed by atoms with Crippen LogP contribution < -0.4 is 10.6 Å². The smallest absolute Gasteiger partial charge is 0.407 e. The molecule has 1 fully saturated rings. The molecule has 114 valence electrons. The van der Waals surface area contributed by atoms with Gasteiger partial charge in [-0.15, -0.1) is 0 Å². The van der Waals surface area contributed by atoms with Crippen molar-refractivity contribution in [1.29, 1.82) is 0 Å². The van der Waals surface area contributed by atoms with Gasteiger partial charge in [-0.3, -0.25) is 4.90 Å². The van der Waals surface area contributed by atoms with Crippen molar-refractivity contribution in [1.82, 2.24) is 9.88 Å². The lowest BCUT2D eigenvalue weighted by Crippen LogP contribution is -2.55. The summed E-state index contributed by atoms with van der Waals surface area (Å²) in [7, 11) is 0. The van der Waals surface area contributed by atoms with Crippen molar-refractivity contribution >= 4 is 34.1 Å². The second-order valence-corrected chi connectivity index (χ2v) is 5.79. The molecule has 7 nitrogen and oxygen atoms in total. The van der Waals surface area contributed by atoms with Crippen LogP contribution in [0, 0.1) is 0 Å². The molecular formula is C13H17BrN4O3. The molecule has 2 atom stereocenters. The van der Waals surface area contributed by atoms with E-state index in [2.05, 4.69) is 20.9 Å². The van der Waals surface area contributed by atoms with Crippen LogP contribution in [0.25, 0.3) is 0 Å². The summed E-state index contributed by atoms with van der Waals surface area (Å²) in [5.74, 6) is 0.765. The van der Waals surface area contributed by atoms with Crippen LogP contribution in [0.5, 0.6) is 0 Å². The van der Waals surface area contributed by atoms with Crippen molar-refractivity contribution in [3.05, 3.63) is 22.8 Å². The molecule has 0 saturated carbocycles. The van der Waals surface area contributed by atoms with E-state index < -0.39 is 6.09 Å². The van der Waals surface area contributed by atoms with Gasteiger partial charge in [0.25, 0.3) is 0 Å². The average Bonchev–Trinajstić information content (AvgIpc) is 2.45. The molecule has 0 bridgehead atoms. The fourth-order valence-corrected chi connectivity index (χ4v) is 2.78. The fraction of sp³-hybridized carbons (Fsp3) is 0.462. The number of aldehydes is 1. The molecule has 1 amide bonds. The number of nitrogens with two attached hydrogens (primary N) is 1. The molecule has 2 unspecified atom stereocenters. The Morgan fingerprint density at radius 2 is 2.38 bits per heavy atom. The van der Waals surface area contributed by atoms with Crippen molar-refractivity contribution in [2.75, 3.05) is 18.0 Å². The molecule has 1 aromatic rings. The molecule has 0 radical (unpaired) electrons. The van der Waals surface area contributed by atoms with Gasteiger partial charge in [0.05, 0.1) is 12.7 Å². The number of carbonyl (C=O) groups is 2. The number of carboxylic acid groups (broad SMARTS) is 1. The Hall–Kier alpha value is -1.67. The van der Waals surface area contributed by atoms with Crippen molar-refractivity contribution in [2.24, 2.45) is 5.73 Å². The number of amides is 1. The van der Waals surface area contributed by atoms with E-state index >= 15 is 0 Å².